The van der Waals surface area contributed by atoms with E-state index in [1.807, 2.05) is 0 Å². The molecule has 1 heterocycles. The Labute approximate surface area is 90.6 Å². The summed E-state index contributed by atoms with van der Waals surface area (Å²) in [4.78, 5) is 17.1. The minimum atomic E-state index is -4.83. The summed E-state index contributed by atoms with van der Waals surface area (Å²) in [6, 6.07) is -1.33. The first-order valence-corrected chi connectivity index (χ1v) is 5.91. The fourth-order valence-corrected chi connectivity index (χ4v) is 1.79. The molecule has 0 aromatic carbocycles. The summed E-state index contributed by atoms with van der Waals surface area (Å²) in [6.45, 7) is -0.647. The molecule has 10 heteroatoms. The lowest BCUT2D eigenvalue weighted by atomic mass is 9.98. The van der Waals surface area contributed by atoms with Gasteiger partial charge in [-0.3, -0.25) is 4.52 Å². The molecule has 0 aromatic rings. The van der Waals surface area contributed by atoms with E-state index in [1.165, 1.54) is 0 Å². The maximum absolute atomic E-state index is 10.6. The number of aliphatic hydroxyl groups excluding tert-OH is 3. The van der Waals surface area contributed by atoms with Crippen molar-refractivity contribution in [2.45, 2.75) is 30.6 Å². The van der Waals surface area contributed by atoms with Crippen molar-refractivity contribution >= 4 is 7.82 Å². The Balaban J connectivity index is 2.75. The van der Waals surface area contributed by atoms with Gasteiger partial charge in [0.1, 0.15) is 18.3 Å². The number of hydrogen-bond donors (Lipinski definition) is 6. The Morgan fingerprint density at radius 2 is 1.88 bits per heavy atom. The molecule has 1 fully saturated rings. The van der Waals surface area contributed by atoms with E-state index in [-0.39, 0.29) is 0 Å². The number of aliphatic hydroxyl groups is 3. The second-order valence-electron chi connectivity index (χ2n) is 3.38. The molecule has 16 heavy (non-hydrogen) atoms. The molecular weight excluding hydrogens is 245 g/mol. The molecule has 7 N–H and O–H groups in total. The number of ether oxygens (including phenoxy) is 1. The van der Waals surface area contributed by atoms with Crippen LogP contribution in [0.5, 0.6) is 0 Å². The number of nitrogens with two attached hydrogens (primary N) is 1. The zero-order valence-corrected chi connectivity index (χ0v) is 8.97. The topological polar surface area (TPSA) is 163 Å². The first kappa shape index (κ1) is 14.0. The summed E-state index contributed by atoms with van der Waals surface area (Å²) in [5.41, 5.74) is 5.35. The maximum Gasteiger partial charge on any atom is 0.471 e. The van der Waals surface area contributed by atoms with Gasteiger partial charge in [0, 0.05) is 0 Å². The van der Waals surface area contributed by atoms with Crippen LogP contribution in [0.2, 0.25) is 0 Å². The highest BCUT2D eigenvalue weighted by Crippen LogP contribution is 2.40. The molecule has 0 bridgehead atoms. The Morgan fingerprint density at radius 1 is 1.31 bits per heavy atom. The summed E-state index contributed by atoms with van der Waals surface area (Å²) < 4.78 is 19.5. The van der Waals surface area contributed by atoms with Gasteiger partial charge in [0.05, 0.1) is 12.6 Å². The van der Waals surface area contributed by atoms with Crippen LogP contribution in [-0.4, -0.2) is 62.4 Å². The summed E-state index contributed by atoms with van der Waals surface area (Å²) in [5.74, 6) is 0. The van der Waals surface area contributed by atoms with Gasteiger partial charge in [0.15, 0.2) is 6.29 Å². The highest BCUT2D eigenvalue weighted by molar-refractivity contribution is 7.46. The quantitative estimate of drug-likeness (QED) is 0.287. The van der Waals surface area contributed by atoms with Crippen LogP contribution in [0.3, 0.4) is 0 Å². The molecular formula is C6H14NO8P. The third-order valence-corrected chi connectivity index (χ3v) is 2.65. The SMILES string of the molecule is N[C@@H]1[C@@H](OP(=O)(O)O)O[C@@H](CO)[C@@H](O)[C@@H]1O. The molecule has 1 aliphatic rings. The van der Waals surface area contributed by atoms with Gasteiger partial charge in [-0.1, -0.05) is 0 Å². The van der Waals surface area contributed by atoms with Gasteiger partial charge in [0.2, 0.25) is 0 Å². The van der Waals surface area contributed by atoms with E-state index in [0.29, 0.717) is 0 Å². The van der Waals surface area contributed by atoms with E-state index in [9.17, 15) is 14.8 Å². The van der Waals surface area contributed by atoms with Crippen LogP contribution < -0.4 is 5.73 Å². The Kier molecular flexibility index (Phi) is 4.41. The number of phosphoric acid groups is 1. The third kappa shape index (κ3) is 3.20. The van der Waals surface area contributed by atoms with Crippen LogP contribution in [0.1, 0.15) is 0 Å². The molecule has 1 rings (SSSR count). The van der Waals surface area contributed by atoms with Crippen LogP contribution in [0, 0.1) is 0 Å². The van der Waals surface area contributed by atoms with Crippen molar-refractivity contribution in [2.75, 3.05) is 6.61 Å². The first-order valence-electron chi connectivity index (χ1n) is 4.38. The molecule has 0 radical (unpaired) electrons. The predicted molar refractivity (Wildman–Crippen MR) is 48.9 cm³/mol. The van der Waals surface area contributed by atoms with Crippen molar-refractivity contribution in [3.8, 4) is 0 Å². The van der Waals surface area contributed by atoms with Gasteiger partial charge in [-0.25, -0.2) is 4.57 Å². The summed E-state index contributed by atoms with van der Waals surface area (Å²) in [5, 5.41) is 27.6. The minimum Gasteiger partial charge on any atom is -0.394 e. The average molecular weight is 259 g/mol. The van der Waals surface area contributed by atoms with E-state index in [1.54, 1.807) is 0 Å². The summed E-state index contributed by atoms with van der Waals surface area (Å²) >= 11 is 0. The molecule has 0 amide bonds. The lowest BCUT2D eigenvalue weighted by Crippen LogP contribution is -2.62. The van der Waals surface area contributed by atoms with Gasteiger partial charge in [-0.05, 0) is 0 Å². The molecule has 5 atom stereocenters. The summed E-state index contributed by atoms with van der Waals surface area (Å²) in [6.07, 6.45) is -5.78. The van der Waals surface area contributed by atoms with Crippen LogP contribution in [-0.2, 0) is 13.8 Å². The van der Waals surface area contributed by atoms with Gasteiger partial charge < -0.3 is 35.6 Å². The standard InChI is InChI=1S/C6H14NO8P/c7-3-5(10)4(9)2(1-8)14-6(3)15-16(11,12)13/h2-6,8-10H,1,7H2,(H2,11,12,13)/t2-,3-,4+,5+,6+/m0/s1. The fraction of sp³-hybridized carbons (Fsp3) is 1.00. The normalized spacial score (nSPS) is 41.0. The summed E-state index contributed by atoms with van der Waals surface area (Å²) in [7, 11) is -4.83. The molecule has 96 valence electrons. The lowest BCUT2D eigenvalue weighted by Gasteiger charge is -2.40. The lowest BCUT2D eigenvalue weighted by molar-refractivity contribution is -0.242. The van der Waals surface area contributed by atoms with E-state index in [2.05, 4.69) is 4.52 Å². The zero-order valence-electron chi connectivity index (χ0n) is 8.08. The monoisotopic (exact) mass is 259 g/mol. The van der Waals surface area contributed by atoms with Crippen molar-refractivity contribution in [2.24, 2.45) is 5.73 Å². The second-order valence-corrected chi connectivity index (χ2v) is 4.57. The van der Waals surface area contributed by atoms with Crippen molar-refractivity contribution in [1.29, 1.82) is 0 Å². The van der Waals surface area contributed by atoms with E-state index in [0.717, 1.165) is 0 Å². The maximum atomic E-state index is 10.6. The van der Waals surface area contributed by atoms with Gasteiger partial charge >= 0.3 is 7.82 Å². The van der Waals surface area contributed by atoms with E-state index >= 15 is 0 Å². The van der Waals surface area contributed by atoms with Crippen LogP contribution >= 0.6 is 7.82 Å². The van der Waals surface area contributed by atoms with Crippen molar-refractivity contribution in [3.63, 3.8) is 0 Å². The van der Waals surface area contributed by atoms with Crippen LogP contribution in [0.4, 0.5) is 0 Å². The first-order chi connectivity index (χ1) is 7.26. The smallest absolute Gasteiger partial charge is 0.394 e. The highest BCUT2D eigenvalue weighted by Gasteiger charge is 2.45. The number of rotatable bonds is 3. The van der Waals surface area contributed by atoms with Crippen LogP contribution in [0.15, 0.2) is 0 Å². The Bertz CT molecular complexity index is 280. The highest BCUT2D eigenvalue weighted by atomic mass is 31.2. The van der Waals surface area contributed by atoms with Crippen molar-refractivity contribution in [3.05, 3.63) is 0 Å². The Morgan fingerprint density at radius 3 is 2.31 bits per heavy atom. The van der Waals surface area contributed by atoms with Gasteiger partial charge in [-0.2, -0.15) is 0 Å². The minimum absolute atomic E-state index is 0.647. The van der Waals surface area contributed by atoms with Crippen molar-refractivity contribution in [1.82, 2.24) is 0 Å². The van der Waals surface area contributed by atoms with Crippen molar-refractivity contribution < 1.29 is 38.9 Å². The van der Waals surface area contributed by atoms with Gasteiger partial charge in [0.25, 0.3) is 0 Å². The molecule has 1 saturated heterocycles. The average Bonchev–Trinajstić information content (AvgIpc) is 2.17. The van der Waals surface area contributed by atoms with Gasteiger partial charge in [-0.15, -0.1) is 0 Å². The number of phosphoric ester groups is 1. The largest absolute Gasteiger partial charge is 0.471 e. The molecule has 9 nitrogen and oxygen atoms in total. The van der Waals surface area contributed by atoms with E-state index < -0.39 is 45.1 Å². The molecule has 0 spiro atoms. The van der Waals surface area contributed by atoms with Crippen LogP contribution in [0.25, 0.3) is 0 Å². The zero-order chi connectivity index (χ0) is 12.5. The molecule has 0 aliphatic carbocycles. The molecule has 0 aromatic heterocycles. The molecule has 0 saturated carbocycles. The second kappa shape index (κ2) is 5.05. The molecule has 1 aliphatic heterocycles. The van der Waals surface area contributed by atoms with E-state index in [4.69, 9.17) is 25.4 Å². The molecule has 0 unspecified atom stereocenters. The third-order valence-electron chi connectivity index (χ3n) is 2.17. The Hall–Kier alpha value is -0.0900. The predicted octanol–water partition coefficient (Wildman–Crippen LogP) is -3.14. The fourth-order valence-electron chi connectivity index (χ4n) is 1.33. The number of hydrogen-bond acceptors (Lipinski definition) is 7.